The summed E-state index contributed by atoms with van der Waals surface area (Å²) >= 11 is 1.43. The first kappa shape index (κ1) is 48.7. The number of carbonyl (C=O) groups excluding carboxylic acids is 3. The number of aryl methyl sites for hydroxylation is 1. The molecule has 0 spiro atoms. The van der Waals surface area contributed by atoms with Crippen molar-refractivity contribution in [3.63, 3.8) is 0 Å². The summed E-state index contributed by atoms with van der Waals surface area (Å²) in [7, 11) is 1.69. The van der Waals surface area contributed by atoms with E-state index in [0.717, 1.165) is 47.2 Å². The van der Waals surface area contributed by atoms with Gasteiger partial charge in [0.1, 0.15) is 31.0 Å². The van der Waals surface area contributed by atoms with E-state index in [1.54, 1.807) is 24.3 Å². The molecule has 17 heteroatoms. The first-order chi connectivity index (χ1) is 31.8. The average Bonchev–Trinajstić information content (AvgIpc) is 3.82. The monoisotopic (exact) mass is 932 g/mol. The predicted octanol–water partition coefficient (Wildman–Crippen LogP) is 6.00. The number of anilines is 1. The normalized spacial score (nSPS) is 18.2. The van der Waals surface area contributed by atoms with Crippen LogP contribution in [0.2, 0.25) is 0 Å². The Hall–Kier alpha value is -5.20. The third-order valence-corrected chi connectivity index (χ3v) is 13.1. The van der Waals surface area contributed by atoms with Gasteiger partial charge in [0.25, 0.3) is 0 Å². The number of nitrogens with one attached hydrogen (secondary N) is 3. The summed E-state index contributed by atoms with van der Waals surface area (Å²) < 4.78 is 57.7. The Balaban J connectivity index is 0.912. The van der Waals surface area contributed by atoms with Crippen LogP contribution in [-0.2, 0) is 48.0 Å². The standard InChI is InChI=1S/C49H62F2N6O8S/c1-31(52-5)45(58)55-44(49(2,3)4)47(60)57-29-34-27-35(14-13-33(34)28-41(57)46(59)53-39-12-8-10-32-9-6-7-11-36(32)39)64-25-23-62-21-22-63-24-26-65-43-37(15-16-38(50)42(43)51)40-30-66-48(54-40)56-17-19-61-20-18-56/h6-7,9,11,13-16,27,30-31,39,41,44,52H,8,10,12,17-26,28-29H2,1-5H3,(H,53,59)(H,55,58)/t31?,39-,41?,44?/m1/s1. The van der Waals surface area contributed by atoms with Crippen LogP contribution in [0.25, 0.3) is 11.3 Å². The van der Waals surface area contributed by atoms with Crippen LogP contribution in [0, 0.1) is 17.0 Å². The molecule has 1 aliphatic carbocycles. The molecule has 3 heterocycles. The second kappa shape index (κ2) is 22.5. The second-order valence-corrected chi connectivity index (χ2v) is 18.7. The maximum Gasteiger partial charge on any atom is 0.246 e. The lowest BCUT2D eigenvalue weighted by Crippen LogP contribution is -2.62. The number of amides is 3. The van der Waals surface area contributed by atoms with Gasteiger partial charge in [-0.3, -0.25) is 14.4 Å². The first-order valence-electron chi connectivity index (χ1n) is 22.8. The molecule has 66 heavy (non-hydrogen) atoms. The zero-order chi connectivity index (χ0) is 46.8. The number of likely N-dealkylation sites (N-methyl/N-ethyl adjacent to an activating group) is 1. The number of halogens is 2. The zero-order valence-electron chi connectivity index (χ0n) is 38.5. The van der Waals surface area contributed by atoms with Gasteiger partial charge in [0, 0.05) is 37.0 Å². The minimum Gasteiger partial charge on any atom is -0.491 e. The Labute approximate surface area is 389 Å². The Bertz CT molecular complexity index is 2300. The van der Waals surface area contributed by atoms with E-state index in [2.05, 4.69) is 38.0 Å². The summed E-state index contributed by atoms with van der Waals surface area (Å²) in [6.45, 7) is 11.3. The Morgan fingerprint density at radius 1 is 0.924 bits per heavy atom. The van der Waals surface area contributed by atoms with E-state index in [-0.39, 0.29) is 75.7 Å². The summed E-state index contributed by atoms with van der Waals surface area (Å²) in [5, 5.41) is 11.8. The van der Waals surface area contributed by atoms with Crippen LogP contribution >= 0.6 is 11.3 Å². The molecule has 2 aliphatic heterocycles. The average molecular weight is 933 g/mol. The fourth-order valence-electron chi connectivity index (χ4n) is 8.41. The summed E-state index contributed by atoms with van der Waals surface area (Å²) in [5.41, 5.74) is 4.32. The molecule has 4 atom stereocenters. The second-order valence-electron chi connectivity index (χ2n) is 17.9. The highest BCUT2D eigenvalue weighted by molar-refractivity contribution is 7.14. The van der Waals surface area contributed by atoms with Gasteiger partial charge in [-0.05, 0) is 85.2 Å². The van der Waals surface area contributed by atoms with Crippen LogP contribution in [0.15, 0.2) is 60.0 Å². The number of aromatic nitrogens is 1. The van der Waals surface area contributed by atoms with Gasteiger partial charge in [0.2, 0.25) is 23.5 Å². The highest BCUT2D eigenvalue weighted by atomic mass is 32.1. The SMILES string of the molecule is CNC(C)C(=O)NC(C(=O)N1Cc2cc(OCCOCCOCCOc3c(-c4csc(N5CCOCC5)n4)ccc(F)c3F)ccc2CC1C(=O)N[C@@H]1CCCc2ccccc21)C(C)(C)C. The van der Waals surface area contributed by atoms with Crippen molar-refractivity contribution in [3.05, 3.63) is 93.9 Å². The van der Waals surface area contributed by atoms with Crippen LogP contribution in [0.4, 0.5) is 13.9 Å². The summed E-state index contributed by atoms with van der Waals surface area (Å²) in [6, 6.07) is 14.0. The lowest BCUT2D eigenvalue weighted by molar-refractivity contribution is -0.147. The topological polar surface area (TPSA) is 153 Å². The molecule has 7 rings (SSSR count). The third-order valence-electron chi connectivity index (χ3n) is 12.2. The van der Waals surface area contributed by atoms with Crippen molar-refractivity contribution < 1.29 is 46.8 Å². The Morgan fingerprint density at radius 3 is 2.39 bits per heavy atom. The lowest BCUT2D eigenvalue weighted by Gasteiger charge is -2.41. The van der Waals surface area contributed by atoms with Crippen molar-refractivity contribution in [2.45, 2.75) is 84.1 Å². The van der Waals surface area contributed by atoms with Gasteiger partial charge in [-0.25, -0.2) is 9.37 Å². The molecule has 356 valence electrons. The maximum absolute atomic E-state index is 14.9. The van der Waals surface area contributed by atoms with Crippen LogP contribution in [-0.4, -0.2) is 119 Å². The van der Waals surface area contributed by atoms with Gasteiger partial charge >= 0.3 is 0 Å². The smallest absolute Gasteiger partial charge is 0.246 e. The van der Waals surface area contributed by atoms with Crippen LogP contribution in [0.5, 0.6) is 11.5 Å². The highest BCUT2D eigenvalue weighted by Crippen LogP contribution is 2.37. The van der Waals surface area contributed by atoms with Gasteiger partial charge in [-0.15, -0.1) is 11.3 Å². The molecule has 1 aromatic heterocycles. The van der Waals surface area contributed by atoms with Crippen molar-refractivity contribution in [1.29, 1.82) is 0 Å². The molecule has 3 unspecified atom stereocenters. The van der Waals surface area contributed by atoms with Gasteiger partial charge in [-0.2, -0.15) is 4.39 Å². The van der Waals surface area contributed by atoms with Gasteiger partial charge < -0.3 is 49.4 Å². The van der Waals surface area contributed by atoms with Crippen LogP contribution in [0.3, 0.4) is 0 Å². The molecule has 3 aliphatic rings. The molecule has 0 saturated carbocycles. The van der Waals surface area contributed by atoms with Gasteiger partial charge in [0.05, 0.1) is 57.4 Å². The lowest BCUT2D eigenvalue weighted by atomic mass is 9.83. The molecule has 3 N–H and O–H groups in total. The van der Waals surface area contributed by atoms with Crippen LogP contribution in [0.1, 0.15) is 68.8 Å². The molecule has 0 bridgehead atoms. The maximum atomic E-state index is 14.9. The number of carbonyl (C=O) groups is 3. The molecular weight excluding hydrogens is 871 g/mol. The van der Waals surface area contributed by atoms with Crippen LogP contribution < -0.4 is 30.3 Å². The molecular formula is C49H62F2N6O8S. The number of benzene rings is 3. The number of rotatable bonds is 19. The van der Waals surface area contributed by atoms with E-state index in [9.17, 15) is 23.2 Å². The molecule has 1 fully saturated rings. The van der Waals surface area contributed by atoms with Crippen molar-refractivity contribution in [2.75, 3.05) is 77.9 Å². The Kier molecular flexibility index (Phi) is 16.6. The number of thiazole rings is 1. The Morgan fingerprint density at radius 2 is 1.65 bits per heavy atom. The van der Waals surface area contributed by atoms with E-state index < -0.39 is 35.2 Å². The predicted molar refractivity (Wildman–Crippen MR) is 248 cm³/mol. The molecule has 3 aromatic carbocycles. The number of nitrogens with zero attached hydrogens (tertiary/aromatic N) is 3. The van der Waals surface area contributed by atoms with Crippen molar-refractivity contribution >= 4 is 34.2 Å². The molecule has 0 radical (unpaired) electrons. The summed E-state index contributed by atoms with van der Waals surface area (Å²) in [5.74, 6) is -2.58. The number of morpholine rings is 1. The number of hydrogen-bond donors (Lipinski definition) is 3. The van der Waals surface area contributed by atoms with Gasteiger partial charge in [0.15, 0.2) is 16.7 Å². The number of fused-ring (bicyclic) bond motifs is 2. The van der Waals surface area contributed by atoms with Crippen molar-refractivity contribution in [2.24, 2.45) is 5.41 Å². The van der Waals surface area contributed by atoms with Crippen molar-refractivity contribution in [1.82, 2.24) is 25.8 Å². The first-order valence-corrected chi connectivity index (χ1v) is 23.7. The molecule has 14 nitrogen and oxygen atoms in total. The zero-order valence-corrected chi connectivity index (χ0v) is 39.3. The van der Waals surface area contributed by atoms with E-state index in [1.807, 2.05) is 51.1 Å². The van der Waals surface area contributed by atoms with E-state index in [0.29, 0.717) is 49.7 Å². The minimum absolute atomic E-state index is 0.0141. The fourth-order valence-corrected chi connectivity index (χ4v) is 9.29. The summed E-state index contributed by atoms with van der Waals surface area (Å²) in [6.07, 6.45) is 3.02. The van der Waals surface area contributed by atoms with Gasteiger partial charge in [-0.1, -0.05) is 51.1 Å². The number of hydrogen-bond acceptors (Lipinski definition) is 12. The molecule has 1 saturated heterocycles. The largest absolute Gasteiger partial charge is 0.491 e. The molecule has 4 aromatic rings. The fraction of sp³-hybridized carbons (Fsp3) is 0.510. The minimum atomic E-state index is -1.08. The molecule has 3 amide bonds. The summed E-state index contributed by atoms with van der Waals surface area (Å²) in [4.78, 5) is 50.5. The van der Waals surface area contributed by atoms with E-state index in [4.69, 9.17) is 23.7 Å². The van der Waals surface area contributed by atoms with Crippen molar-refractivity contribution in [3.8, 4) is 22.8 Å². The van der Waals surface area contributed by atoms with E-state index in [1.165, 1.54) is 23.0 Å². The number of ether oxygens (including phenoxy) is 5. The highest BCUT2D eigenvalue weighted by Gasteiger charge is 2.43. The quantitative estimate of drug-likeness (QED) is 0.0950. The van der Waals surface area contributed by atoms with E-state index >= 15 is 0 Å². The third kappa shape index (κ3) is 12.0.